The first-order valence-corrected chi connectivity index (χ1v) is 6.54. The fourth-order valence-corrected chi connectivity index (χ4v) is 3.20. The summed E-state index contributed by atoms with van der Waals surface area (Å²) in [6.45, 7) is 0. The van der Waals surface area contributed by atoms with Crippen molar-refractivity contribution in [2.45, 2.75) is 31.1 Å². The predicted octanol–water partition coefficient (Wildman–Crippen LogP) is 3.90. The lowest BCUT2D eigenvalue weighted by Crippen LogP contribution is -2.32. The molecule has 1 aliphatic carbocycles. The van der Waals surface area contributed by atoms with Gasteiger partial charge in [0.1, 0.15) is 5.75 Å². The van der Waals surface area contributed by atoms with E-state index in [4.69, 9.17) is 27.9 Å². The summed E-state index contributed by atoms with van der Waals surface area (Å²) >= 11 is 12.3. The van der Waals surface area contributed by atoms with Gasteiger partial charge >= 0.3 is 5.97 Å². The first-order valence-electron chi connectivity index (χ1n) is 5.78. The first kappa shape index (κ1) is 13.5. The molecule has 0 atom stereocenters. The Morgan fingerprint density at radius 3 is 2.39 bits per heavy atom. The smallest absolute Gasteiger partial charge is 0.314 e. The number of ether oxygens (including phenoxy) is 1. The molecule has 1 aliphatic rings. The third-order valence-electron chi connectivity index (χ3n) is 3.62. The summed E-state index contributed by atoms with van der Waals surface area (Å²) < 4.78 is 5.07. The Morgan fingerprint density at radius 2 is 1.89 bits per heavy atom. The Hall–Kier alpha value is -0.930. The van der Waals surface area contributed by atoms with Gasteiger partial charge in [0.15, 0.2) is 0 Å². The van der Waals surface area contributed by atoms with Crippen LogP contribution >= 0.6 is 23.2 Å². The molecule has 0 radical (unpaired) electrons. The van der Waals surface area contributed by atoms with Crippen LogP contribution in [0.25, 0.3) is 0 Å². The topological polar surface area (TPSA) is 46.5 Å². The largest absolute Gasteiger partial charge is 0.495 e. The molecule has 0 saturated heterocycles. The highest BCUT2D eigenvalue weighted by atomic mass is 35.5. The van der Waals surface area contributed by atoms with Gasteiger partial charge in [0, 0.05) is 11.1 Å². The van der Waals surface area contributed by atoms with Crippen molar-refractivity contribution in [3.8, 4) is 5.75 Å². The summed E-state index contributed by atoms with van der Waals surface area (Å²) in [4.78, 5) is 11.6. The molecule has 2 rings (SSSR count). The quantitative estimate of drug-likeness (QED) is 0.918. The highest BCUT2D eigenvalue weighted by molar-refractivity contribution is 6.35. The minimum Gasteiger partial charge on any atom is -0.495 e. The zero-order valence-corrected chi connectivity index (χ0v) is 11.5. The maximum Gasteiger partial charge on any atom is 0.314 e. The van der Waals surface area contributed by atoms with Crippen LogP contribution in [0.4, 0.5) is 0 Å². The van der Waals surface area contributed by atoms with Crippen LogP contribution in [0.1, 0.15) is 31.2 Å². The van der Waals surface area contributed by atoms with Crippen LogP contribution in [-0.2, 0) is 10.2 Å². The summed E-state index contributed by atoms with van der Waals surface area (Å²) in [7, 11) is 1.50. The van der Waals surface area contributed by atoms with E-state index in [0.29, 0.717) is 34.2 Å². The van der Waals surface area contributed by atoms with Crippen molar-refractivity contribution in [1.82, 2.24) is 0 Å². The van der Waals surface area contributed by atoms with Crippen LogP contribution in [0.2, 0.25) is 10.0 Å². The molecule has 3 nitrogen and oxygen atoms in total. The Kier molecular flexibility index (Phi) is 3.74. The SMILES string of the molecule is COc1cc(Cl)c(C2(C(=O)O)CCCC2)cc1Cl. The predicted molar refractivity (Wildman–Crippen MR) is 70.8 cm³/mol. The fourth-order valence-electron chi connectivity index (χ4n) is 2.63. The third-order valence-corrected chi connectivity index (χ3v) is 4.23. The van der Waals surface area contributed by atoms with Gasteiger partial charge in [0.2, 0.25) is 0 Å². The van der Waals surface area contributed by atoms with E-state index < -0.39 is 11.4 Å². The summed E-state index contributed by atoms with van der Waals surface area (Å²) in [6, 6.07) is 3.21. The summed E-state index contributed by atoms with van der Waals surface area (Å²) in [5.41, 5.74) is -0.299. The van der Waals surface area contributed by atoms with E-state index in [9.17, 15) is 9.90 Å². The average Bonchev–Trinajstić information content (AvgIpc) is 2.82. The number of aliphatic carboxylic acids is 1. The van der Waals surface area contributed by atoms with Crippen molar-refractivity contribution < 1.29 is 14.6 Å². The summed E-state index contributed by atoms with van der Waals surface area (Å²) in [5, 5.41) is 10.3. The van der Waals surface area contributed by atoms with Gasteiger partial charge in [0.05, 0.1) is 17.5 Å². The maximum absolute atomic E-state index is 11.6. The van der Waals surface area contributed by atoms with E-state index in [-0.39, 0.29) is 0 Å². The number of carboxylic acid groups (broad SMARTS) is 1. The van der Waals surface area contributed by atoms with E-state index in [1.807, 2.05) is 0 Å². The van der Waals surface area contributed by atoms with Gasteiger partial charge in [-0.2, -0.15) is 0 Å². The van der Waals surface area contributed by atoms with Crippen molar-refractivity contribution in [3.63, 3.8) is 0 Å². The molecule has 0 spiro atoms. The van der Waals surface area contributed by atoms with Crippen LogP contribution in [0.15, 0.2) is 12.1 Å². The van der Waals surface area contributed by atoms with Crippen molar-refractivity contribution in [2.75, 3.05) is 7.11 Å². The van der Waals surface area contributed by atoms with Gasteiger partial charge in [0.25, 0.3) is 0 Å². The van der Waals surface area contributed by atoms with E-state index >= 15 is 0 Å². The number of carboxylic acids is 1. The van der Waals surface area contributed by atoms with Gasteiger partial charge in [-0.3, -0.25) is 4.79 Å². The Morgan fingerprint density at radius 1 is 1.28 bits per heavy atom. The lowest BCUT2D eigenvalue weighted by atomic mass is 9.79. The van der Waals surface area contributed by atoms with E-state index in [1.165, 1.54) is 7.11 Å². The number of halogens is 2. The molecule has 0 aromatic heterocycles. The van der Waals surface area contributed by atoms with Gasteiger partial charge in [-0.1, -0.05) is 36.0 Å². The van der Waals surface area contributed by atoms with E-state index in [1.54, 1.807) is 12.1 Å². The Labute approximate surface area is 116 Å². The monoisotopic (exact) mass is 288 g/mol. The molecule has 0 amide bonds. The van der Waals surface area contributed by atoms with Gasteiger partial charge in [-0.25, -0.2) is 0 Å². The van der Waals surface area contributed by atoms with E-state index in [0.717, 1.165) is 12.8 Å². The molecule has 1 aromatic rings. The minimum absolute atomic E-state index is 0.393. The van der Waals surface area contributed by atoms with Gasteiger partial charge < -0.3 is 9.84 Å². The molecule has 1 N–H and O–H groups in total. The molecule has 1 saturated carbocycles. The lowest BCUT2D eigenvalue weighted by Gasteiger charge is -2.26. The van der Waals surface area contributed by atoms with Crippen LogP contribution in [0, 0.1) is 0 Å². The number of methoxy groups -OCH3 is 1. The highest BCUT2D eigenvalue weighted by Gasteiger charge is 2.44. The third kappa shape index (κ3) is 2.06. The normalized spacial score (nSPS) is 17.7. The van der Waals surface area contributed by atoms with Crippen molar-refractivity contribution >= 4 is 29.2 Å². The second kappa shape index (κ2) is 4.98. The molecule has 18 heavy (non-hydrogen) atoms. The van der Waals surface area contributed by atoms with Crippen molar-refractivity contribution in [3.05, 3.63) is 27.7 Å². The average molecular weight is 289 g/mol. The first-order chi connectivity index (χ1) is 8.51. The van der Waals surface area contributed by atoms with Crippen LogP contribution in [0.5, 0.6) is 5.75 Å². The van der Waals surface area contributed by atoms with Crippen molar-refractivity contribution in [1.29, 1.82) is 0 Å². The zero-order valence-electron chi connectivity index (χ0n) is 10.0. The molecular weight excluding hydrogens is 275 g/mol. The number of rotatable bonds is 3. The fraction of sp³-hybridized carbons (Fsp3) is 0.462. The van der Waals surface area contributed by atoms with Gasteiger partial charge in [-0.05, 0) is 24.5 Å². The standard InChI is InChI=1S/C13H14Cl2O3/c1-18-11-7-9(14)8(6-10(11)15)13(12(16)17)4-2-3-5-13/h6-7H,2-5H2,1H3,(H,16,17). The molecule has 1 fully saturated rings. The summed E-state index contributed by atoms with van der Waals surface area (Å²) in [5.74, 6) is -0.368. The minimum atomic E-state index is -0.896. The van der Waals surface area contributed by atoms with Crippen LogP contribution in [-0.4, -0.2) is 18.2 Å². The molecule has 0 aliphatic heterocycles. The van der Waals surface area contributed by atoms with Crippen molar-refractivity contribution in [2.24, 2.45) is 0 Å². The Balaban J connectivity index is 2.56. The molecular formula is C13H14Cl2O3. The molecule has 0 unspecified atom stereocenters. The lowest BCUT2D eigenvalue weighted by molar-refractivity contribution is -0.143. The number of hydrogen-bond donors (Lipinski definition) is 1. The molecule has 0 bridgehead atoms. The van der Waals surface area contributed by atoms with E-state index in [2.05, 4.69) is 0 Å². The van der Waals surface area contributed by atoms with Crippen LogP contribution < -0.4 is 4.74 Å². The number of hydrogen-bond acceptors (Lipinski definition) is 2. The number of benzene rings is 1. The zero-order chi connectivity index (χ0) is 13.3. The summed E-state index contributed by atoms with van der Waals surface area (Å²) in [6.07, 6.45) is 2.99. The highest BCUT2D eigenvalue weighted by Crippen LogP contribution is 2.46. The molecule has 1 aromatic carbocycles. The Bertz CT molecular complexity index is 479. The molecule has 0 heterocycles. The maximum atomic E-state index is 11.6. The molecule has 5 heteroatoms. The second-order valence-electron chi connectivity index (χ2n) is 4.56. The second-order valence-corrected chi connectivity index (χ2v) is 5.38. The molecule has 98 valence electrons. The van der Waals surface area contributed by atoms with Gasteiger partial charge in [-0.15, -0.1) is 0 Å². The van der Waals surface area contributed by atoms with Crippen LogP contribution in [0.3, 0.4) is 0 Å². The number of carbonyl (C=O) groups is 1.